The number of methoxy groups -OCH3 is 1. The molecule has 1 amide bonds. The Hall–Kier alpha value is -3.11. The molecule has 0 aliphatic heterocycles. The summed E-state index contributed by atoms with van der Waals surface area (Å²) in [6.45, 7) is 0.0514. The van der Waals surface area contributed by atoms with E-state index in [1.165, 1.54) is 0 Å². The van der Waals surface area contributed by atoms with Crippen LogP contribution in [0.1, 0.15) is 16.7 Å². The summed E-state index contributed by atoms with van der Waals surface area (Å²) in [5.74, 6) is 0.369. The molecule has 3 aromatic carbocycles. The number of carbonyl (C=O) groups excluding carboxylic acids is 1. The summed E-state index contributed by atoms with van der Waals surface area (Å²) in [5, 5.41) is 3.40. The highest BCUT2D eigenvalue weighted by Crippen LogP contribution is 2.37. The maximum atomic E-state index is 11.6. The SMILES string of the molecule is COc1ccc(C(NCC(N)=O)(c2ccccc2)c2ccccc2)cc1. The van der Waals surface area contributed by atoms with Gasteiger partial charge in [0.05, 0.1) is 19.2 Å². The molecule has 4 nitrogen and oxygen atoms in total. The summed E-state index contributed by atoms with van der Waals surface area (Å²) < 4.78 is 5.30. The lowest BCUT2D eigenvalue weighted by molar-refractivity contribution is -0.117. The van der Waals surface area contributed by atoms with Crippen molar-refractivity contribution in [2.75, 3.05) is 13.7 Å². The van der Waals surface area contributed by atoms with E-state index in [1.54, 1.807) is 7.11 Å². The summed E-state index contributed by atoms with van der Waals surface area (Å²) in [5.41, 5.74) is 7.80. The van der Waals surface area contributed by atoms with Gasteiger partial charge in [-0.15, -0.1) is 0 Å². The highest BCUT2D eigenvalue weighted by Gasteiger charge is 2.36. The van der Waals surface area contributed by atoms with Gasteiger partial charge in [-0.1, -0.05) is 72.8 Å². The Balaban J connectivity index is 2.24. The number of hydrogen-bond donors (Lipinski definition) is 2. The van der Waals surface area contributed by atoms with Gasteiger partial charge in [0, 0.05) is 0 Å². The lowest BCUT2D eigenvalue weighted by Crippen LogP contribution is -2.48. The quantitative estimate of drug-likeness (QED) is 0.646. The van der Waals surface area contributed by atoms with Crippen LogP contribution in [-0.4, -0.2) is 19.6 Å². The van der Waals surface area contributed by atoms with Gasteiger partial charge >= 0.3 is 0 Å². The second-order valence-electron chi connectivity index (χ2n) is 6.03. The Morgan fingerprint density at radius 1 is 0.846 bits per heavy atom. The van der Waals surface area contributed by atoms with Crippen LogP contribution in [0.15, 0.2) is 84.9 Å². The first-order valence-corrected chi connectivity index (χ1v) is 8.46. The van der Waals surface area contributed by atoms with Crippen LogP contribution in [0.3, 0.4) is 0 Å². The van der Waals surface area contributed by atoms with Gasteiger partial charge in [0.2, 0.25) is 5.91 Å². The van der Waals surface area contributed by atoms with Gasteiger partial charge in [0.25, 0.3) is 0 Å². The van der Waals surface area contributed by atoms with Gasteiger partial charge in [-0.25, -0.2) is 0 Å². The number of nitrogens with one attached hydrogen (secondary N) is 1. The van der Waals surface area contributed by atoms with Crippen LogP contribution < -0.4 is 15.8 Å². The fourth-order valence-corrected chi connectivity index (χ4v) is 3.24. The smallest absolute Gasteiger partial charge is 0.231 e. The maximum absolute atomic E-state index is 11.6. The third-order valence-corrected chi connectivity index (χ3v) is 4.46. The molecule has 0 saturated carbocycles. The van der Waals surface area contributed by atoms with Crippen molar-refractivity contribution in [2.24, 2.45) is 5.73 Å². The third kappa shape index (κ3) is 3.46. The van der Waals surface area contributed by atoms with E-state index in [4.69, 9.17) is 10.5 Å². The van der Waals surface area contributed by atoms with E-state index in [9.17, 15) is 4.79 Å². The van der Waals surface area contributed by atoms with Gasteiger partial charge in [0.1, 0.15) is 5.75 Å². The zero-order valence-corrected chi connectivity index (χ0v) is 14.7. The summed E-state index contributed by atoms with van der Waals surface area (Å²) in [4.78, 5) is 11.6. The zero-order valence-electron chi connectivity index (χ0n) is 14.7. The largest absolute Gasteiger partial charge is 0.497 e. The van der Waals surface area contributed by atoms with Crippen molar-refractivity contribution in [3.05, 3.63) is 102 Å². The van der Waals surface area contributed by atoms with Crippen molar-refractivity contribution >= 4 is 5.91 Å². The van der Waals surface area contributed by atoms with E-state index >= 15 is 0 Å². The number of benzene rings is 3. The van der Waals surface area contributed by atoms with Crippen LogP contribution in [0, 0.1) is 0 Å². The van der Waals surface area contributed by atoms with Crippen LogP contribution in [0.4, 0.5) is 0 Å². The molecular weight excluding hydrogens is 324 g/mol. The van der Waals surface area contributed by atoms with Crippen LogP contribution >= 0.6 is 0 Å². The third-order valence-electron chi connectivity index (χ3n) is 4.46. The van der Waals surface area contributed by atoms with Crippen molar-refractivity contribution in [1.29, 1.82) is 0 Å². The van der Waals surface area contributed by atoms with Gasteiger partial charge in [-0.3, -0.25) is 10.1 Å². The first-order chi connectivity index (χ1) is 12.7. The second-order valence-corrected chi connectivity index (χ2v) is 6.03. The fourth-order valence-electron chi connectivity index (χ4n) is 3.24. The predicted molar refractivity (Wildman–Crippen MR) is 103 cm³/mol. The summed E-state index contributed by atoms with van der Waals surface area (Å²) >= 11 is 0. The Kier molecular flexibility index (Phi) is 5.34. The molecule has 0 fully saturated rings. The van der Waals surface area contributed by atoms with Crippen molar-refractivity contribution in [2.45, 2.75) is 5.54 Å². The standard InChI is InChI=1S/C22H22N2O2/c1-26-20-14-12-19(13-15-20)22(24-16-21(23)25,17-8-4-2-5-9-17)18-10-6-3-7-11-18/h2-15,24H,16H2,1H3,(H2,23,25). The molecule has 0 aromatic heterocycles. The lowest BCUT2D eigenvalue weighted by Gasteiger charge is -2.36. The number of ether oxygens (including phenoxy) is 1. The molecule has 4 heteroatoms. The normalized spacial score (nSPS) is 11.1. The van der Waals surface area contributed by atoms with Crippen LogP contribution in [-0.2, 0) is 10.3 Å². The fraction of sp³-hybridized carbons (Fsp3) is 0.136. The molecule has 26 heavy (non-hydrogen) atoms. The van der Waals surface area contributed by atoms with Crippen LogP contribution in [0.2, 0.25) is 0 Å². The number of amides is 1. The molecule has 0 saturated heterocycles. The van der Waals surface area contributed by atoms with Gasteiger partial charge in [-0.2, -0.15) is 0 Å². The Bertz CT molecular complexity index is 807. The molecule has 3 aromatic rings. The number of hydrogen-bond acceptors (Lipinski definition) is 3. The monoisotopic (exact) mass is 346 g/mol. The average Bonchev–Trinajstić information content (AvgIpc) is 2.70. The van der Waals surface area contributed by atoms with Crippen LogP contribution in [0.5, 0.6) is 5.75 Å². The molecule has 0 aliphatic rings. The van der Waals surface area contributed by atoms with E-state index < -0.39 is 11.4 Å². The van der Waals surface area contributed by atoms with Gasteiger partial charge in [-0.05, 0) is 28.8 Å². The molecule has 0 spiro atoms. The number of carbonyl (C=O) groups is 1. The molecule has 0 aliphatic carbocycles. The van der Waals surface area contributed by atoms with E-state index in [0.717, 1.165) is 22.4 Å². The molecule has 0 atom stereocenters. The van der Waals surface area contributed by atoms with E-state index in [2.05, 4.69) is 5.32 Å². The minimum absolute atomic E-state index is 0.0514. The molecule has 0 radical (unpaired) electrons. The molecule has 0 unspecified atom stereocenters. The Morgan fingerprint density at radius 3 is 1.73 bits per heavy atom. The first kappa shape index (κ1) is 17.7. The van der Waals surface area contributed by atoms with Crippen molar-refractivity contribution in [1.82, 2.24) is 5.32 Å². The predicted octanol–water partition coefficient (Wildman–Crippen LogP) is 3.06. The van der Waals surface area contributed by atoms with E-state index in [1.807, 2.05) is 84.9 Å². The minimum atomic E-state index is -0.705. The van der Waals surface area contributed by atoms with Crippen molar-refractivity contribution in [3.63, 3.8) is 0 Å². The summed E-state index contributed by atoms with van der Waals surface area (Å²) in [7, 11) is 1.64. The Labute approximate surface area is 153 Å². The average molecular weight is 346 g/mol. The van der Waals surface area contributed by atoms with Crippen molar-refractivity contribution < 1.29 is 9.53 Å². The maximum Gasteiger partial charge on any atom is 0.231 e. The molecule has 3 rings (SSSR count). The highest BCUT2D eigenvalue weighted by atomic mass is 16.5. The Morgan fingerprint density at radius 2 is 1.31 bits per heavy atom. The number of nitrogens with two attached hydrogens (primary N) is 1. The van der Waals surface area contributed by atoms with Crippen LogP contribution in [0.25, 0.3) is 0 Å². The molecule has 0 bridgehead atoms. The molecule has 132 valence electrons. The molecular formula is C22H22N2O2. The van der Waals surface area contributed by atoms with E-state index in [0.29, 0.717) is 0 Å². The zero-order chi connectivity index (χ0) is 18.4. The second kappa shape index (κ2) is 7.85. The van der Waals surface area contributed by atoms with E-state index in [-0.39, 0.29) is 6.54 Å². The molecule has 0 heterocycles. The first-order valence-electron chi connectivity index (χ1n) is 8.46. The lowest BCUT2D eigenvalue weighted by atomic mass is 9.77. The minimum Gasteiger partial charge on any atom is -0.497 e. The van der Waals surface area contributed by atoms with Gasteiger partial charge < -0.3 is 10.5 Å². The molecule has 3 N–H and O–H groups in total. The van der Waals surface area contributed by atoms with Crippen molar-refractivity contribution in [3.8, 4) is 5.75 Å². The van der Waals surface area contributed by atoms with Gasteiger partial charge in [0.15, 0.2) is 0 Å². The number of primary amides is 1. The topological polar surface area (TPSA) is 64.3 Å². The summed E-state index contributed by atoms with van der Waals surface area (Å²) in [6, 6.07) is 27.9. The summed E-state index contributed by atoms with van der Waals surface area (Å²) in [6.07, 6.45) is 0. The number of rotatable bonds is 7. The highest BCUT2D eigenvalue weighted by molar-refractivity contribution is 5.76.